The Hall–Kier alpha value is -5.39. The molecule has 2 aliphatic heterocycles. The number of methoxy groups -OCH3 is 1. The average molecular weight is 845 g/mol. The number of fused-ring (bicyclic) bond motifs is 3. The van der Waals surface area contributed by atoms with Crippen LogP contribution in [0, 0.1) is 21.3 Å². The summed E-state index contributed by atoms with van der Waals surface area (Å²) in [5.41, 5.74) is 7.63. The molecule has 0 spiro atoms. The number of amides is 2. The van der Waals surface area contributed by atoms with Crippen molar-refractivity contribution in [3.63, 3.8) is 0 Å². The molecule has 3 aliphatic rings. The van der Waals surface area contributed by atoms with Crippen LogP contribution >= 0.6 is 22.6 Å². The number of phenols is 1. The zero-order valence-electron chi connectivity index (χ0n) is 30.4. The standard InChI is InChI=1S/C46H41IN2O6/c1-53-41-25-29(24-39(47)44(41)50)23-31(30-11-5-2-6-12-30)17-22-40-42-32(27-54-36-15-9-4-10-16-36)26-37-43(38(42)28-55-40)46(52)49(45(37)51)35-20-18-34(19-21-35)48-33-13-7-3-8-14-33/h2-16,18-21,23-25,37-38,40,43,48,50H,17,22,26-28H2,1H3/b31-23-/t37-,38+,40-,43-/m1/s1. The number of nitrogens with one attached hydrogen (secondary N) is 1. The number of anilines is 3. The number of ether oxygens (including phenoxy) is 3. The average Bonchev–Trinajstić information content (AvgIpc) is 3.75. The number of benzene rings is 5. The number of carbonyl (C=O) groups excluding carboxylic acids is 2. The Morgan fingerprint density at radius 1 is 0.873 bits per heavy atom. The largest absolute Gasteiger partial charge is 0.504 e. The van der Waals surface area contributed by atoms with Crippen LogP contribution in [0.4, 0.5) is 17.1 Å². The number of allylic oxidation sites excluding steroid dienone is 1. The second-order valence-electron chi connectivity index (χ2n) is 14.1. The fraction of sp³-hybridized carbons (Fsp3) is 0.217. The number of halogens is 1. The first kappa shape index (κ1) is 36.6. The van der Waals surface area contributed by atoms with Crippen LogP contribution in [0.2, 0.25) is 0 Å². The number of carbonyl (C=O) groups is 2. The maximum atomic E-state index is 14.4. The van der Waals surface area contributed by atoms with Crippen LogP contribution < -0.4 is 19.7 Å². The van der Waals surface area contributed by atoms with Gasteiger partial charge >= 0.3 is 0 Å². The normalized spacial score (nSPS) is 20.7. The minimum atomic E-state index is -0.509. The first-order valence-electron chi connectivity index (χ1n) is 18.5. The van der Waals surface area contributed by atoms with Gasteiger partial charge in [-0.1, -0.05) is 72.8 Å². The lowest BCUT2D eigenvalue weighted by Gasteiger charge is -2.31. The highest BCUT2D eigenvalue weighted by atomic mass is 127. The number of para-hydroxylation sites is 2. The minimum absolute atomic E-state index is 0.121. The molecule has 0 bridgehead atoms. The van der Waals surface area contributed by atoms with Gasteiger partial charge in [-0.05, 0) is 130 Å². The summed E-state index contributed by atoms with van der Waals surface area (Å²) in [6.07, 6.45) is 3.68. The lowest BCUT2D eigenvalue weighted by molar-refractivity contribution is -0.122. The van der Waals surface area contributed by atoms with Gasteiger partial charge in [0.25, 0.3) is 0 Å². The second-order valence-corrected chi connectivity index (χ2v) is 15.3. The minimum Gasteiger partial charge on any atom is -0.504 e. The summed E-state index contributed by atoms with van der Waals surface area (Å²) in [5.74, 6) is -0.292. The number of imide groups is 1. The molecule has 9 heteroatoms. The van der Waals surface area contributed by atoms with Crippen molar-refractivity contribution in [3.05, 3.63) is 153 Å². The molecule has 0 saturated carbocycles. The van der Waals surface area contributed by atoms with E-state index in [0.717, 1.165) is 45.0 Å². The third-order valence-corrected chi connectivity index (χ3v) is 11.6. The molecule has 2 N–H and O–H groups in total. The van der Waals surface area contributed by atoms with E-state index in [1.807, 2.05) is 115 Å². The summed E-state index contributed by atoms with van der Waals surface area (Å²) in [5, 5.41) is 13.8. The number of nitrogens with zero attached hydrogens (tertiary/aromatic N) is 1. The molecule has 2 amide bonds. The van der Waals surface area contributed by atoms with Gasteiger partial charge < -0.3 is 24.6 Å². The molecule has 55 heavy (non-hydrogen) atoms. The van der Waals surface area contributed by atoms with Gasteiger partial charge in [0.05, 0.1) is 40.9 Å². The monoisotopic (exact) mass is 844 g/mol. The number of hydrogen-bond donors (Lipinski definition) is 2. The molecule has 5 aromatic rings. The molecule has 1 aliphatic carbocycles. The van der Waals surface area contributed by atoms with Crippen LogP contribution in [0.5, 0.6) is 17.2 Å². The van der Waals surface area contributed by atoms with Gasteiger partial charge in [-0.2, -0.15) is 0 Å². The second kappa shape index (κ2) is 16.1. The summed E-state index contributed by atoms with van der Waals surface area (Å²) in [6, 6.07) is 41.0. The summed E-state index contributed by atoms with van der Waals surface area (Å²) < 4.78 is 19.1. The summed E-state index contributed by atoms with van der Waals surface area (Å²) >= 11 is 2.12. The topological polar surface area (TPSA) is 97.3 Å². The predicted octanol–water partition coefficient (Wildman–Crippen LogP) is 9.67. The number of aromatic hydroxyl groups is 1. The van der Waals surface area contributed by atoms with Gasteiger partial charge in [0.15, 0.2) is 11.5 Å². The van der Waals surface area contributed by atoms with Gasteiger partial charge in [-0.25, -0.2) is 0 Å². The molecule has 5 aromatic carbocycles. The summed E-state index contributed by atoms with van der Waals surface area (Å²) in [6.45, 7) is 0.675. The third kappa shape index (κ3) is 7.63. The molecular formula is C46H41IN2O6. The lowest BCUT2D eigenvalue weighted by Crippen LogP contribution is -2.35. The highest BCUT2D eigenvalue weighted by molar-refractivity contribution is 14.1. The van der Waals surface area contributed by atoms with E-state index in [2.05, 4.69) is 46.1 Å². The van der Waals surface area contributed by atoms with Gasteiger partial charge in [-0.15, -0.1) is 0 Å². The molecule has 2 fully saturated rings. The quantitative estimate of drug-likeness (QED) is 0.0559. The SMILES string of the molecule is COc1cc(/C=C(/CC[C@H]2OC[C@H]3C2=C(COc2ccccc2)C[C@H]2C(=O)N(c4ccc(Nc5ccccc5)cc4)C(=O)[C@H]23)c2ccccc2)cc(I)c1O. The van der Waals surface area contributed by atoms with Gasteiger partial charge in [0, 0.05) is 17.3 Å². The van der Waals surface area contributed by atoms with Crippen molar-refractivity contribution in [1.29, 1.82) is 0 Å². The van der Waals surface area contributed by atoms with Crippen LogP contribution in [0.3, 0.4) is 0 Å². The summed E-state index contributed by atoms with van der Waals surface area (Å²) in [7, 11) is 1.55. The Bertz CT molecular complexity index is 2240. The van der Waals surface area contributed by atoms with E-state index in [0.29, 0.717) is 47.5 Å². The molecule has 8 rings (SSSR count). The van der Waals surface area contributed by atoms with Crippen molar-refractivity contribution in [2.24, 2.45) is 17.8 Å². The Labute approximate surface area is 334 Å². The van der Waals surface area contributed by atoms with Crippen LogP contribution in [-0.2, 0) is 14.3 Å². The molecule has 2 heterocycles. The molecular weight excluding hydrogens is 803 g/mol. The van der Waals surface area contributed by atoms with Gasteiger partial charge in [0.1, 0.15) is 12.4 Å². The fourth-order valence-corrected chi connectivity index (χ4v) is 8.83. The molecule has 8 nitrogen and oxygen atoms in total. The van der Waals surface area contributed by atoms with Crippen LogP contribution in [0.25, 0.3) is 11.6 Å². The lowest BCUT2D eigenvalue weighted by atomic mass is 9.69. The number of phenolic OH excluding ortho intramolecular Hbond substituents is 1. The fourth-order valence-electron chi connectivity index (χ4n) is 8.20. The van der Waals surface area contributed by atoms with E-state index in [1.165, 1.54) is 4.90 Å². The van der Waals surface area contributed by atoms with Crippen molar-refractivity contribution in [2.75, 3.05) is 30.5 Å². The number of rotatable bonds is 12. The van der Waals surface area contributed by atoms with E-state index in [4.69, 9.17) is 14.2 Å². The highest BCUT2D eigenvalue weighted by Gasteiger charge is 2.57. The smallest absolute Gasteiger partial charge is 0.238 e. The van der Waals surface area contributed by atoms with Crippen LogP contribution in [0.1, 0.15) is 30.4 Å². The van der Waals surface area contributed by atoms with Crippen LogP contribution in [0.15, 0.2) is 139 Å². The van der Waals surface area contributed by atoms with Crippen LogP contribution in [-0.4, -0.2) is 43.3 Å². The van der Waals surface area contributed by atoms with Crippen molar-refractivity contribution >= 4 is 63.1 Å². The Morgan fingerprint density at radius 2 is 1.55 bits per heavy atom. The molecule has 4 atom stereocenters. The maximum Gasteiger partial charge on any atom is 0.238 e. The molecule has 2 saturated heterocycles. The molecule has 0 radical (unpaired) electrons. The Balaban J connectivity index is 1.08. The first-order valence-corrected chi connectivity index (χ1v) is 19.6. The van der Waals surface area contributed by atoms with Crippen molar-refractivity contribution in [3.8, 4) is 17.2 Å². The number of hydrogen-bond acceptors (Lipinski definition) is 7. The van der Waals surface area contributed by atoms with E-state index in [-0.39, 0.29) is 29.6 Å². The predicted molar refractivity (Wildman–Crippen MR) is 223 cm³/mol. The zero-order chi connectivity index (χ0) is 37.9. The van der Waals surface area contributed by atoms with Gasteiger partial charge in [-0.3, -0.25) is 14.5 Å². The first-order chi connectivity index (χ1) is 26.9. The maximum absolute atomic E-state index is 14.4. The van der Waals surface area contributed by atoms with Crippen molar-refractivity contribution < 1.29 is 28.9 Å². The van der Waals surface area contributed by atoms with E-state index in [1.54, 1.807) is 7.11 Å². The van der Waals surface area contributed by atoms with E-state index in [9.17, 15) is 14.7 Å². The Morgan fingerprint density at radius 3 is 2.25 bits per heavy atom. The molecule has 0 unspecified atom stereocenters. The van der Waals surface area contributed by atoms with Gasteiger partial charge in [0.2, 0.25) is 11.8 Å². The van der Waals surface area contributed by atoms with Crippen molar-refractivity contribution in [1.82, 2.24) is 0 Å². The van der Waals surface area contributed by atoms with E-state index >= 15 is 0 Å². The van der Waals surface area contributed by atoms with E-state index < -0.39 is 11.8 Å². The highest BCUT2D eigenvalue weighted by Crippen LogP contribution is 2.51. The molecule has 278 valence electrons. The third-order valence-electron chi connectivity index (χ3n) is 10.8. The van der Waals surface area contributed by atoms with Crippen molar-refractivity contribution in [2.45, 2.75) is 25.4 Å². The Kier molecular flexibility index (Phi) is 10.7. The zero-order valence-corrected chi connectivity index (χ0v) is 32.5. The summed E-state index contributed by atoms with van der Waals surface area (Å²) in [4.78, 5) is 30.0. The molecule has 0 aromatic heterocycles.